The third kappa shape index (κ3) is 5.95. The second-order valence-corrected chi connectivity index (χ2v) is 9.38. The van der Waals surface area contributed by atoms with E-state index >= 15 is 0 Å². The number of aliphatic imine (C=N–C) groups is 1. The van der Waals surface area contributed by atoms with Crippen LogP contribution in [0.3, 0.4) is 0 Å². The van der Waals surface area contributed by atoms with Gasteiger partial charge in [0, 0.05) is 0 Å². The number of amidine groups is 1. The number of carbonyl (C=O) groups is 1. The Labute approximate surface area is 225 Å². The van der Waals surface area contributed by atoms with Crippen LogP contribution in [0.4, 0.5) is 15.8 Å². The Kier molecular flexibility index (Phi) is 7.85. The molecule has 1 aliphatic heterocycles. The van der Waals surface area contributed by atoms with E-state index in [1.165, 1.54) is 23.9 Å². The van der Waals surface area contributed by atoms with Gasteiger partial charge in [0.15, 0.2) is 16.7 Å². The van der Waals surface area contributed by atoms with Crippen molar-refractivity contribution in [2.24, 2.45) is 4.99 Å². The van der Waals surface area contributed by atoms with Crippen molar-refractivity contribution in [1.82, 2.24) is 0 Å². The molecule has 0 saturated carbocycles. The van der Waals surface area contributed by atoms with Gasteiger partial charge < -0.3 is 9.47 Å². The Morgan fingerprint density at radius 2 is 1.63 bits per heavy atom. The Balaban J connectivity index is 1.44. The highest BCUT2D eigenvalue weighted by atomic mass is 32.2. The summed E-state index contributed by atoms with van der Waals surface area (Å²) in [6.07, 6.45) is 1.83. The van der Waals surface area contributed by atoms with E-state index < -0.39 is 0 Å². The molecule has 0 spiro atoms. The summed E-state index contributed by atoms with van der Waals surface area (Å²) in [5.74, 6) is 0.629. The van der Waals surface area contributed by atoms with E-state index in [1.807, 2.05) is 85.8 Å². The summed E-state index contributed by atoms with van der Waals surface area (Å²) in [6.45, 7) is 2.54. The molecule has 4 aromatic rings. The molecule has 7 heteroatoms. The monoisotopic (exact) mass is 524 g/mol. The Morgan fingerprint density at radius 3 is 2.37 bits per heavy atom. The highest BCUT2D eigenvalue weighted by molar-refractivity contribution is 8.19. The first kappa shape index (κ1) is 25.3. The van der Waals surface area contributed by atoms with Crippen molar-refractivity contribution in [2.75, 3.05) is 11.5 Å². The first-order valence-corrected chi connectivity index (χ1v) is 13.0. The van der Waals surface area contributed by atoms with Gasteiger partial charge in [0.2, 0.25) is 0 Å². The van der Waals surface area contributed by atoms with Gasteiger partial charge >= 0.3 is 0 Å². The molecule has 5 rings (SSSR count). The lowest BCUT2D eigenvalue weighted by Crippen LogP contribution is -2.28. The average Bonchev–Trinajstić information content (AvgIpc) is 3.23. The molecular weight excluding hydrogens is 499 g/mol. The van der Waals surface area contributed by atoms with Crippen LogP contribution in [-0.2, 0) is 11.4 Å². The maximum Gasteiger partial charge on any atom is 0.271 e. The molecule has 0 unspecified atom stereocenters. The van der Waals surface area contributed by atoms with Gasteiger partial charge in [-0.1, -0.05) is 54.6 Å². The Morgan fingerprint density at radius 1 is 0.868 bits per heavy atom. The minimum Gasteiger partial charge on any atom is -0.490 e. The zero-order chi connectivity index (χ0) is 26.3. The van der Waals surface area contributed by atoms with Gasteiger partial charge in [-0.3, -0.25) is 9.69 Å². The first-order valence-electron chi connectivity index (χ1n) is 12.2. The van der Waals surface area contributed by atoms with Crippen molar-refractivity contribution in [1.29, 1.82) is 0 Å². The fourth-order valence-corrected chi connectivity index (χ4v) is 4.91. The molecule has 4 aromatic carbocycles. The highest BCUT2D eigenvalue weighted by Gasteiger charge is 2.34. The SMILES string of the molecule is CCOc1cc(/C=C2/SC(=Nc3ccccc3)N(c3ccccc3)C2=O)ccc1OCc1cccc(F)c1. The second-order valence-electron chi connectivity index (χ2n) is 8.37. The fourth-order valence-electron chi connectivity index (χ4n) is 3.91. The van der Waals surface area contributed by atoms with Crippen LogP contribution in [0.5, 0.6) is 11.5 Å². The quantitative estimate of drug-likeness (QED) is 0.223. The van der Waals surface area contributed by atoms with Gasteiger partial charge in [-0.05, 0) is 84.4 Å². The topological polar surface area (TPSA) is 51.1 Å². The number of hydrogen-bond donors (Lipinski definition) is 0. The molecule has 1 aliphatic rings. The zero-order valence-electron chi connectivity index (χ0n) is 20.7. The molecule has 1 heterocycles. The first-order chi connectivity index (χ1) is 18.6. The smallest absolute Gasteiger partial charge is 0.271 e. The third-order valence-electron chi connectivity index (χ3n) is 5.65. The summed E-state index contributed by atoms with van der Waals surface area (Å²) >= 11 is 1.32. The summed E-state index contributed by atoms with van der Waals surface area (Å²) < 4.78 is 25.3. The molecule has 0 aliphatic carbocycles. The van der Waals surface area contributed by atoms with Crippen molar-refractivity contribution >= 4 is 40.3 Å². The van der Waals surface area contributed by atoms with E-state index in [9.17, 15) is 9.18 Å². The van der Waals surface area contributed by atoms with Crippen molar-refractivity contribution in [3.05, 3.63) is 125 Å². The molecule has 0 aromatic heterocycles. The lowest BCUT2D eigenvalue weighted by molar-refractivity contribution is -0.113. The van der Waals surface area contributed by atoms with Gasteiger partial charge in [0.1, 0.15) is 12.4 Å². The summed E-state index contributed by atoms with van der Waals surface area (Å²) in [5.41, 5.74) is 3.02. The molecule has 0 radical (unpaired) electrons. The van der Waals surface area contributed by atoms with E-state index in [4.69, 9.17) is 14.5 Å². The van der Waals surface area contributed by atoms with Crippen molar-refractivity contribution in [2.45, 2.75) is 13.5 Å². The normalized spacial score (nSPS) is 15.3. The zero-order valence-corrected chi connectivity index (χ0v) is 21.5. The summed E-state index contributed by atoms with van der Waals surface area (Å²) in [6, 6.07) is 30.8. The fraction of sp³-hybridized carbons (Fsp3) is 0.0968. The number of para-hydroxylation sites is 2. The molecule has 1 saturated heterocycles. The van der Waals surface area contributed by atoms with Gasteiger partial charge in [-0.25, -0.2) is 9.38 Å². The summed E-state index contributed by atoms with van der Waals surface area (Å²) in [5, 5.41) is 0.582. The number of thioether (sulfide) groups is 1. The lowest BCUT2D eigenvalue weighted by Gasteiger charge is -2.15. The van der Waals surface area contributed by atoms with Crippen LogP contribution in [0.15, 0.2) is 113 Å². The number of hydrogen-bond acceptors (Lipinski definition) is 5. The van der Waals surface area contributed by atoms with Crippen LogP contribution in [0.1, 0.15) is 18.1 Å². The molecule has 0 atom stereocenters. The average molecular weight is 525 g/mol. The Bertz CT molecular complexity index is 1490. The Hall–Kier alpha value is -4.36. The number of anilines is 1. The highest BCUT2D eigenvalue weighted by Crippen LogP contribution is 2.38. The third-order valence-corrected chi connectivity index (χ3v) is 6.62. The number of benzene rings is 4. The minimum absolute atomic E-state index is 0.153. The predicted octanol–water partition coefficient (Wildman–Crippen LogP) is 7.61. The second kappa shape index (κ2) is 11.8. The van der Waals surface area contributed by atoms with Crippen LogP contribution in [-0.4, -0.2) is 17.7 Å². The molecular formula is C31H25FN2O3S. The van der Waals surface area contributed by atoms with E-state index in [0.717, 1.165) is 22.5 Å². The van der Waals surface area contributed by atoms with Gasteiger partial charge in [-0.2, -0.15) is 0 Å². The largest absolute Gasteiger partial charge is 0.490 e. The molecule has 1 fully saturated rings. The van der Waals surface area contributed by atoms with Crippen LogP contribution in [0.2, 0.25) is 0 Å². The number of halogens is 1. The number of amides is 1. The summed E-state index contributed by atoms with van der Waals surface area (Å²) in [7, 11) is 0. The number of nitrogens with zero attached hydrogens (tertiary/aromatic N) is 2. The number of rotatable bonds is 8. The van der Waals surface area contributed by atoms with Crippen molar-refractivity contribution in [3.63, 3.8) is 0 Å². The maximum absolute atomic E-state index is 13.5. The van der Waals surface area contributed by atoms with Crippen LogP contribution < -0.4 is 14.4 Å². The van der Waals surface area contributed by atoms with Crippen LogP contribution in [0.25, 0.3) is 6.08 Å². The van der Waals surface area contributed by atoms with Crippen LogP contribution in [0, 0.1) is 5.82 Å². The summed E-state index contributed by atoms with van der Waals surface area (Å²) in [4.78, 5) is 20.5. The minimum atomic E-state index is -0.309. The lowest BCUT2D eigenvalue weighted by atomic mass is 10.1. The molecule has 0 N–H and O–H groups in total. The molecule has 5 nitrogen and oxygen atoms in total. The van der Waals surface area contributed by atoms with Gasteiger partial charge in [-0.15, -0.1) is 0 Å². The van der Waals surface area contributed by atoms with Crippen molar-refractivity contribution in [3.8, 4) is 11.5 Å². The molecule has 0 bridgehead atoms. The standard InChI is InChI=1S/C31H25FN2O3S/c1-2-36-28-19-22(16-17-27(28)37-21-23-10-9-11-24(32)18-23)20-29-30(35)34(26-14-7-4-8-15-26)31(38-29)33-25-12-5-3-6-13-25/h3-20H,2,21H2,1H3/b29-20+,33-31?. The maximum atomic E-state index is 13.5. The van der Waals surface area contributed by atoms with Crippen molar-refractivity contribution < 1.29 is 18.7 Å². The van der Waals surface area contributed by atoms with E-state index in [2.05, 4.69) is 0 Å². The van der Waals surface area contributed by atoms with Gasteiger partial charge in [0.05, 0.1) is 22.9 Å². The van der Waals surface area contributed by atoms with E-state index in [1.54, 1.807) is 23.1 Å². The molecule has 1 amide bonds. The number of carbonyl (C=O) groups excluding carboxylic acids is 1. The molecule has 190 valence electrons. The molecule has 38 heavy (non-hydrogen) atoms. The number of ether oxygens (including phenoxy) is 2. The van der Waals surface area contributed by atoms with Gasteiger partial charge in [0.25, 0.3) is 5.91 Å². The van der Waals surface area contributed by atoms with E-state index in [0.29, 0.717) is 28.2 Å². The van der Waals surface area contributed by atoms with E-state index in [-0.39, 0.29) is 18.3 Å². The van der Waals surface area contributed by atoms with Crippen LogP contribution >= 0.6 is 11.8 Å². The predicted molar refractivity (Wildman–Crippen MR) is 151 cm³/mol.